The maximum Gasteiger partial charge on any atom is 0.352 e. The number of thioether (sulfide) groups is 2. The molecule has 0 aromatic carbocycles. The molecule has 0 aliphatic carbocycles. The molecule has 1 saturated heterocycles. The van der Waals surface area contributed by atoms with Crippen LogP contribution < -0.4 is 5.73 Å². The lowest BCUT2D eigenvalue weighted by Gasteiger charge is -2.48. The molecular weight excluding hydrogens is 328 g/mol. The summed E-state index contributed by atoms with van der Waals surface area (Å²) in [7, 11) is 0. The molecule has 2 atom stereocenters. The van der Waals surface area contributed by atoms with Gasteiger partial charge in [0, 0.05) is 18.1 Å². The SMILES string of the molecule is CCn1nnnc1SCC1=C(C(=O)O)N2C(=O)C(N)C2SC1. The van der Waals surface area contributed by atoms with Crippen molar-refractivity contribution >= 4 is 35.4 Å². The smallest absolute Gasteiger partial charge is 0.352 e. The number of tetrazole rings is 1. The molecule has 1 fully saturated rings. The summed E-state index contributed by atoms with van der Waals surface area (Å²) in [5.74, 6) is -0.489. The highest BCUT2D eigenvalue weighted by Crippen LogP contribution is 2.40. The molecule has 3 rings (SSSR count). The normalized spacial score (nSPS) is 24.3. The largest absolute Gasteiger partial charge is 0.477 e. The minimum absolute atomic E-state index is 0.0541. The van der Waals surface area contributed by atoms with E-state index in [0.717, 1.165) is 0 Å². The van der Waals surface area contributed by atoms with Gasteiger partial charge in [-0.25, -0.2) is 9.48 Å². The summed E-state index contributed by atoms with van der Waals surface area (Å²) >= 11 is 2.85. The number of nitrogens with zero attached hydrogens (tertiary/aromatic N) is 5. The summed E-state index contributed by atoms with van der Waals surface area (Å²) in [6.07, 6.45) is 0. The van der Waals surface area contributed by atoms with Crippen molar-refractivity contribution in [3.05, 3.63) is 11.3 Å². The summed E-state index contributed by atoms with van der Waals surface area (Å²) in [6, 6.07) is -0.610. The number of carbonyl (C=O) groups is 2. The topological polar surface area (TPSA) is 127 Å². The highest BCUT2D eigenvalue weighted by molar-refractivity contribution is 8.01. The predicted octanol–water partition coefficient (Wildman–Crippen LogP) is -0.634. The molecule has 0 spiro atoms. The van der Waals surface area contributed by atoms with Gasteiger partial charge in [-0.05, 0) is 22.9 Å². The average molecular weight is 342 g/mol. The number of carboxylic acids is 1. The highest BCUT2D eigenvalue weighted by Gasteiger charge is 2.51. The van der Waals surface area contributed by atoms with Crippen LogP contribution in [0.4, 0.5) is 0 Å². The van der Waals surface area contributed by atoms with Gasteiger partial charge in [0.25, 0.3) is 0 Å². The van der Waals surface area contributed by atoms with E-state index >= 15 is 0 Å². The zero-order valence-electron chi connectivity index (χ0n) is 11.7. The first kappa shape index (κ1) is 15.3. The van der Waals surface area contributed by atoms with Gasteiger partial charge in [-0.2, -0.15) is 0 Å². The van der Waals surface area contributed by atoms with Crippen LogP contribution in [0.5, 0.6) is 0 Å². The third-order valence-electron chi connectivity index (χ3n) is 3.47. The van der Waals surface area contributed by atoms with Crippen molar-refractivity contribution in [1.82, 2.24) is 25.1 Å². The Hall–Kier alpha value is -1.59. The Morgan fingerprint density at radius 1 is 1.59 bits per heavy atom. The van der Waals surface area contributed by atoms with Crippen LogP contribution in [-0.4, -0.2) is 65.0 Å². The number of nitrogens with two attached hydrogens (primary N) is 1. The monoisotopic (exact) mass is 342 g/mol. The van der Waals surface area contributed by atoms with E-state index in [-0.39, 0.29) is 17.0 Å². The van der Waals surface area contributed by atoms with Crippen molar-refractivity contribution in [1.29, 1.82) is 0 Å². The quantitative estimate of drug-likeness (QED) is 0.531. The fraction of sp³-hybridized carbons (Fsp3) is 0.545. The standard InChI is InChI=1S/C11H14N6O3S2/c1-2-16-11(13-14-15-16)22-4-5-3-21-9-6(12)8(18)17(9)7(5)10(19)20/h6,9H,2-4,12H2,1H3,(H,19,20). The molecule has 2 aliphatic rings. The van der Waals surface area contributed by atoms with Crippen molar-refractivity contribution in [2.45, 2.75) is 30.0 Å². The van der Waals surface area contributed by atoms with E-state index in [2.05, 4.69) is 15.5 Å². The number of amides is 1. The summed E-state index contributed by atoms with van der Waals surface area (Å²) in [6.45, 7) is 2.56. The molecule has 0 bridgehead atoms. The van der Waals surface area contributed by atoms with E-state index in [1.165, 1.54) is 28.4 Å². The second-order valence-electron chi connectivity index (χ2n) is 4.76. The summed E-state index contributed by atoms with van der Waals surface area (Å²) in [4.78, 5) is 24.7. The van der Waals surface area contributed by atoms with Gasteiger partial charge in [0.05, 0.1) is 0 Å². The van der Waals surface area contributed by atoms with Crippen LogP contribution in [0.3, 0.4) is 0 Å². The third kappa shape index (κ3) is 2.38. The Bertz CT molecular complexity index is 660. The first-order valence-electron chi connectivity index (χ1n) is 6.59. The molecule has 0 saturated carbocycles. The van der Waals surface area contributed by atoms with Gasteiger partial charge in [0.2, 0.25) is 11.1 Å². The molecule has 3 N–H and O–H groups in total. The van der Waals surface area contributed by atoms with Crippen molar-refractivity contribution in [3.63, 3.8) is 0 Å². The van der Waals surface area contributed by atoms with Gasteiger partial charge in [-0.1, -0.05) is 11.8 Å². The van der Waals surface area contributed by atoms with Gasteiger partial charge in [-0.15, -0.1) is 16.9 Å². The number of hydrogen-bond acceptors (Lipinski definition) is 8. The zero-order chi connectivity index (χ0) is 15.9. The van der Waals surface area contributed by atoms with E-state index in [9.17, 15) is 14.7 Å². The first-order valence-corrected chi connectivity index (χ1v) is 8.62. The predicted molar refractivity (Wildman–Crippen MR) is 79.9 cm³/mol. The zero-order valence-corrected chi connectivity index (χ0v) is 13.3. The second-order valence-corrected chi connectivity index (χ2v) is 6.81. The number of fused-ring (bicyclic) bond motifs is 1. The highest BCUT2D eigenvalue weighted by atomic mass is 32.2. The van der Waals surface area contributed by atoms with Crippen LogP contribution in [0.2, 0.25) is 0 Å². The number of aliphatic carboxylic acids is 1. The number of β-lactam (4-membered cyclic amide) rings is 1. The number of carboxylic acid groups (broad SMARTS) is 1. The maximum atomic E-state index is 11.8. The van der Waals surface area contributed by atoms with Crippen LogP contribution >= 0.6 is 23.5 Å². The molecular formula is C11H14N6O3S2. The Morgan fingerprint density at radius 2 is 2.36 bits per heavy atom. The van der Waals surface area contributed by atoms with E-state index in [0.29, 0.717) is 28.8 Å². The Kier molecular flexibility index (Phi) is 4.10. The van der Waals surface area contributed by atoms with Gasteiger partial charge in [0.15, 0.2) is 0 Å². The second kappa shape index (κ2) is 5.89. The van der Waals surface area contributed by atoms with Crippen molar-refractivity contribution < 1.29 is 14.7 Å². The maximum absolute atomic E-state index is 11.8. The molecule has 3 heterocycles. The molecule has 1 aromatic heterocycles. The number of carbonyl (C=O) groups excluding carboxylic acids is 1. The lowest BCUT2D eigenvalue weighted by atomic mass is 10.0. The number of aryl methyl sites for hydroxylation is 1. The molecule has 1 amide bonds. The van der Waals surface area contributed by atoms with Gasteiger partial charge in [-0.3, -0.25) is 9.69 Å². The minimum atomic E-state index is -1.10. The van der Waals surface area contributed by atoms with Crippen LogP contribution in [0.25, 0.3) is 0 Å². The fourth-order valence-electron chi connectivity index (χ4n) is 2.34. The number of hydrogen-bond donors (Lipinski definition) is 2. The Balaban J connectivity index is 1.81. The van der Waals surface area contributed by atoms with E-state index in [4.69, 9.17) is 5.73 Å². The Labute approximate surface area is 134 Å². The molecule has 2 unspecified atom stereocenters. The van der Waals surface area contributed by atoms with Crippen LogP contribution in [0.1, 0.15) is 6.92 Å². The molecule has 2 aliphatic heterocycles. The lowest BCUT2D eigenvalue weighted by molar-refractivity contribution is -0.147. The van der Waals surface area contributed by atoms with E-state index < -0.39 is 12.0 Å². The van der Waals surface area contributed by atoms with Crippen molar-refractivity contribution in [3.8, 4) is 0 Å². The third-order valence-corrected chi connectivity index (χ3v) is 5.87. The Morgan fingerprint density at radius 3 is 3.05 bits per heavy atom. The molecule has 118 valence electrons. The average Bonchev–Trinajstić information content (AvgIpc) is 2.98. The van der Waals surface area contributed by atoms with E-state index in [1.807, 2.05) is 6.92 Å². The summed E-state index contributed by atoms with van der Waals surface area (Å²) in [5.41, 5.74) is 6.45. The van der Waals surface area contributed by atoms with Crippen LogP contribution in [0.15, 0.2) is 16.4 Å². The molecule has 9 nitrogen and oxygen atoms in total. The number of rotatable bonds is 5. The molecule has 22 heavy (non-hydrogen) atoms. The molecule has 1 aromatic rings. The fourth-order valence-corrected chi connectivity index (χ4v) is 4.71. The number of aromatic nitrogens is 4. The molecule has 0 radical (unpaired) electrons. The van der Waals surface area contributed by atoms with Crippen LogP contribution in [0, 0.1) is 0 Å². The molecule has 11 heteroatoms. The van der Waals surface area contributed by atoms with Crippen LogP contribution in [-0.2, 0) is 16.1 Å². The minimum Gasteiger partial charge on any atom is -0.477 e. The summed E-state index contributed by atoms with van der Waals surface area (Å²) in [5, 5.41) is 21.1. The van der Waals surface area contributed by atoms with Crippen molar-refractivity contribution in [2.75, 3.05) is 11.5 Å². The van der Waals surface area contributed by atoms with E-state index in [1.54, 1.807) is 4.68 Å². The lowest BCUT2D eigenvalue weighted by Crippen LogP contribution is -2.68. The summed E-state index contributed by atoms with van der Waals surface area (Å²) < 4.78 is 1.63. The van der Waals surface area contributed by atoms with Gasteiger partial charge >= 0.3 is 5.97 Å². The first-order chi connectivity index (χ1) is 10.5. The van der Waals surface area contributed by atoms with Gasteiger partial charge in [0.1, 0.15) is 17.1 Å². The van der Waals surface area contributed by atoms with Crippen molar-refractivity contribution in [2.24, 2.45) is 5.73 Å². The van der Waals surface area contributed by atoms with Gasteiger partial charge < -0.3 is 10.8 Å².